The molecule has 0 heterocycles. The number of nitrogens with one attached hydrogen (secondary N) is 1. The van der Waals surface area contributed by atoms with E-state index in [0.717, 1.165) is 6.92 Å². The van der Waals surface area contributed by atoms with Crippen molar-refractivity contribution in [2.24, 2.45) is 11.3 Å². The third kappa shape index (κ3) is 6.24. The van der Waals surface area contributed by atoms with Crippen LogP contribution in [0.5, 0.6) is 0 Å². The van der Waals surface area contributed by atoms with Gasteiger partial charge in [0.25, 0.3) is 0 Å². The molecule has 2 N–H and O–H groups in total. The summed E-state index contributed by atoms with van der Waals surface area (Å²) in [6, 6.07) is 9.87. The van der Waals surface area contributed by atoms with Crippen molar-refractivity contribution >= 4 is 40.8 Å². The Bertz CT molecular complexity index is 1170. The van der Waals surface area contributed by atoms with E-state index in [-0.39, 0.29) is 21.8 Å². The Morgan fingerprint density at radius 3 is 2.08 bits per heavy atom. The van der Waals surface area contributed by atoms with E-state index in [1.807, 2.05) is 0 Å². The molecule has 0 spiro atoms. The number of halogens is 5. The first-order chi connectivity index (χ1) is 16.9. The van der Waals surface area contributed by atoms with E-state index >= 15 is 0 Å². The SMILES string of the molecule is CC([C@H](C(=O)Nc1cc(C(C)(O)C2(C(=O)OC(C)(C)C)CC2)ccc1Cl)c1ccc(Cl)cc1)C(F)(F)F. The first-order valence-corrected chi connectivity index (χ1v) is 12.5. The molecular formula is C27H30Cl2F3NO4. The molecule has 0 radical (unpaired) electrons. The zero-order valence-corrected chi connectivity index (χ0v) is 22.7. The van der Waals surface area contributed by atoms with Gasteiger partial charge in [0.1, 0.15) is 16.6 Å². The number of anilines is 1. The van der Waals surface area contributed by atoms with Crippen molar-refractivity contribution in [3.63, 3.8) is 0 Å². The third-order valence-corrected chi connectivity index (χ3v) is 7.37. The highest BCUT2D eigenvalue weighted by molar-refractivity contribution is 6.33. The molecule has 10 heteroatoms. The summed E-state index contributed by atoms with van der Waals surface area (Å²) in [5, 5.41) is 14.4. The molecule has 202 valence electrons. The molecule has 1 saturated carbocycles. The third-order valence-electron chi connectivity index (χ3n) is 6.79. The van der Waals surface area contributed by atoms with Gasteiger partial charge in [0.05, 0.1) is 22.5 Å². The van der Waals surface area contributed by atoms with Gasteiger partial charge in [-0.15, -0.1) is 0 Å². The van der Waals surface area contributed by atoms with Crippen molar-refractivity contribution in [3.8, 4) is 0 Å². The van der Waals surface area contributed by atoms with Crippen molar-refractivity contribution < 1.29 is 32.6 Å². The van der Waals surface area contributed by atoms with E-state index in [9.17, 15) is 27.9 Å². The number of rotatable bonds is 7. The zero-order chi connectivity index (χ0) is 28.0. The van der Waals surface area contributed by atoms with Crippen LogP contribution in [0.25, 0.3) is 0 Å². The van der Waals surface area contributed by atoms with E-state index in [0.29, 0.717) is 17.9 Å². The summed E-state index contributed by atoms with van der Waals surface area (Å²) in [5.74, 6) is -5.08. The summed E-state index contributed by atoms with van der Waals surface area (Å²) >= 11 is 12.2. The molecule has 1 amide bonds. The first-order valence-electron chi connectivity index (χ1n) is 11.8. The quantitative estimate of drug-likeness (QED) is 0.350. The largest absolute Gasteiger partial charge is 0.459 e. The van der Waals surface area contributed by atoms with E-state index < -0.39 is 46.5 Å². The average molecular weight is 560 g/mol. The highest BCUT2D eigenvalue weighted by Gasteiger charge is 2.64. The summed E-state index contributed by atoms with van der Waals surface area (Å²) in [7, 11) is 0. The maximum atomic E-state index is 13.7. The number of amides is 1. The predicted octanol–water partition coefficient (Wildman–Crippen LogP) is 7.24. The topological polar surface area (TPSA) is 75.6 Å². The standard InChI is InChI=1S/C27H30Cl2F3NO4/c1-15(27(30,31)32)21(16-6-9-18(28)10-7-16)22(34)33-20-14-17(8-11-19(20)29)25(5,36)26(12-13-26)23(35)37-24(2,3)4/h6-11,14-15,21,36H,12-13H2,1-5H3,(H,33,34)/t15?,21-,25?/m0/s1. The van der Waals surface area contributed by atoms with Crippen LogP contribution in [0.2, 0.25) is 10.0 Å². The lowest BCUT2D eigenvalue weighted by molar-refractivity contribution is -0.178. The Hall–Kier alpha value is -2.29. The minimum atomic E-state index is -4.65. The lowest BCUT2D eigenvalue weighted by atomic mass is 9.79. The van der Waals surface area contributed by atoms with Crippen molar-refractivity contribution in [1.29, 1.82) is 0 Å². The number of esters is 1. The number of alkyl halides is 3. The smallest absolute Gasteiger partial charge is 0.392 e. The molecule has 2 unspecified atom stereocenters. The summed E-state index contributed by atoms with van der Waals surface area (Å²) in [5.41, 5.74) is -3.22. The second kappa shape index (κ2) is 10.1. The van der Waals surface area contributed by atoms with Crippen molar-refractivity contribution in [3.05, 3.63) is 63.6 Å². The van der Waals surface area contributed by atoms with Gasteiger partial charge in [-0.3, -0.25) is 9.59 Å². The second-order valence-electron chi connectivity index (χ2n) is 10.7. The van der Waals surface area contributed by atoms with Crippen LogP contribution in [0.15, 0.2) is 42.5 Å². The van der Waals surface area contributed by atoms with Gasteiger partial charge in [-0.1, -0.05) is 48.3 Å². The van der Waals surface area contributed by atoms with Crippen molar-refractivity contribution in [2.45, 2.75) is 70.8 Å². The van der Waals surface area contributed by atoms with Gasteiger partial charge in [0.15, 0.2) is 0 Å². The number of hydrogen-bond acceptors (Lipinski definition) is 4. The second-order valence-corrected chi connectivity index (χ2v) is 11.5. The molecule has 0 saturated heterocycles. The van der Waals surface area contributed by atoms with Gasteiger partial charge in [0, 0.05) is 5.02 Å². The number of carbonyl (C=O) groups is 2. The van der Waals surface area contributed by atoms with Crippen LogP contribution in [0.3, 0.4) is 0 Å². The van der Waals surface area contributed by atoms with E-state index in [1.165, 1.54) is 49.4 Å². The minimum absolute atomic E-state index is 0.0118. The molecule has 0 aliphatic heterocycles. The Balaban J connectivity index is 1.95. The number of carbonyl (C=O) groups excluding carboxylic acids is 2. The fraction of sp³-hybridized carbons (Fsp3) is 0.481. The lowest BCUT2D eigenvalue weighted by Crippen LogP contribution is -2.42. The van der Waals surface area contributed by atoms with Crippen LogP contribution in [0, 0.1) is 11.3 Å². The Labute approximate surface area is 224 Å². The van der Waals surface area contributed by atoms with Gasteiger partial charge in [-0.2, -0.15) is 13.2 Å². The van der Waals surface area contributed by atoms with Crippen LogP contribution in [-0.2, 0) is 19.9 Å². The first kappa shape index (κ1) is 29.3. The molecule has 2 aromatic rings. The van der Waals surface area contributed by atoms with E-state index in [4.69, 9.17) is 27.9 Å². The monoisotopic (exact) mass is 559 g/mol. The summed E-state index contributed by atoms with van der Waals surface area (Å²) in [4.78, 5) is 26.2. The fourth-order valence-corrected chi connectivity index (χ4v) is 4.62. The Morgan fingerprint density at radius 1 is 1.03 bits per heavy atom. The average Bonchev–Trinajstić information content (AvgIpc) is 3.57. The number of aliphatic hydroxyl groups is 1. The fourth-order valence-electron chi connectivity index (χ4n) is 4.33. The predicted molar refractivity (Wildman–Crippen MR) is 137 cm³/mol. The molecule has 1 aliphatic rings. The normalized spacial score (nSPS) is 18.4. The molecule has 37 heavy (non-hydrogen) atoms. The zero-order valence-electron chi connectivity index (χ0n) is 21.2. The van der Waals surface area contributed by atoms with Crippen LogP contribution in [-0.4, -0.2) is 28.8 Å². The molecule has 2 aromatic carbocycles. The maximum Gasteiger partial charge on any atom is 0.392 e. The van der Waals surface area contributed by atoms with Gasteiger partial charge in [-0.25, -0.2) is 0 Å². The molecule has 1 fully saturated rings. The highest BCUT2D eigenvalue weighted by atomic mass is 35.5. The van der Waals surface area contributed by atoms with E-state index in [1.54, 1.807) is 20.8 Å². The van der Waals surface area contributed by atoms with E-state index in [2.05, 4.69) is 5.32 Å². The van der Waals surface area contributed by atoms with Crippen LogP contribution >= 0.6 is 23.2 Å². The molecule has 3 atom stereocenters. The highest BCUT2D eigenvalue weighted by Crippen LogP contribution is 2.59. The maximum absolute atomic E-state index is 13.7. The van der Waals surface area contributed by atoms with Crippen molar-refractivity contribution in [1.82, 2.24) is 0 Å². The molecule has 0 aromatic heterocycles. The van der Waals surface area contributed by atoms with Crippen molar-refractivity contribution in [2.75, 3.05) is 5.32 Å². The Morgan fingerprint density at radius 2 is 1.59 bits per heavy atom. The van der Waals surface area contributed by atoms with Gasteiger partial charge in [0.2, 0.25) is 5.91 Å². The van der Waals surface area contributed by atoms with Crippen LogP contribution in [0.1, 0.15) is 64.5 Å². The minimum Gasteiger partial charge on any atom is -0.459 e. The van der Waals surface area contributed by atoms with Gasteiger partial charge < -0.3 is 15.2 Å². The van der Waals surface area contributed by atoms with Gasteiger partial charge >= 0.3 is 12.1 Å². The number of benzene rings is 2. The molecular weight excluding hydrogens is 530 g/mol. The molecule has 3 rings (SSSR count). The molecule has 5 nitrogen and oxygen atoms in total. The molecule has 1 aliphatic carbocycles. The van der Waals surface area contributed by atoms with Crippen LogP contribution < -0.4 is 5.32 Å². The number of ether oxygens (including phenoxy) is 1. The van der Waals surface area contributed by atoms with Crippen LogP contribution in [0.4, 0.5) is 18.9 Å². The molecule has 0 bridgehead atoms. The summed E-state index contributed by atoms with van der Waals surface area (Å²) < 4.78 is 46.6. The summed E-state index contributed by atoms with van der Waals surface area (Å²) in [6.45, 7) is 7.58. The Kier molecular flexibility index (Phi) is 8.00. The summed E-state index contributed by atoms with van der Waals surface area (Å²) in [6.07, 6.45) is -3.87. The van der Waals surface area contributed by atoms with Gasteiger partial charge in [-0.05, 0) is 75.9 Å². The lowest BCUT2D eigenvalue weighted by Gasteiger charge is -2.34. The number of hydrogen-bond donors (Lipinski definition) is 2.